The normalized spacial score (nSPS) is 29.1. The molecule has 0 aliphatic heterocycles. The van der Waals surface area contributed by atoms with E-state index in [1.807, 2.05) is 0 Å². The minimum atomic E-state index is -0.0832. The Morgan fingerprint density at radius 3 is 1.45 bits per heavy atom. The van der Waals surface area contributed by atoms with Gasteiger partial charge in [0.05, 0.1) is 0 Å². The highest BCUT2D eigenvalue weighted by atomic mass is 15.3. The standard InChI is InChI=1S/C27H48N6/c1-16(2)14-26(5,6)32-24-29-23(30-25(31-24)33-27(7,8)15-17(3)4)28-22-20-10-18-9-19(12-20)13-21(22)11-18/h16-22H,9-15H2,1-8H3,(H3,28,29,30,31,32,33). The van der Waals surface area contributed by atoms with Gasteiger partial charge in [-0.25, -0.2) is 0 Å². The largest absolute Gasteiger partial charge is 0.351 e. The van der Waals surface area contributed by atoms with E-state index in [-0.39, 0.29) is 11.1 Å². The average Bonchev–Trinajstić information content (AvgIpc) is 2.60. The number of hydrogen-bond acceptors (Lipinski definition) is 6. The molecule has 3 N–H and O–H groups in total. The zero-order valence-corrected chi connectivity index (χ0v) is 22.3. The second-order valence-electron chi connectivity index (χ2n) is 13.6. The maximum absolute atomic E-state index is 4.88. The molecule has 186 valence electrons. The van der Waals surface area contributed by atoms with Gasteiger partial charge in [0.25, 0.3) is 0 Å². The van der Waals surface area contributed by atoms with Crippen LogP contribution < -0.4 is 16.0 Å². The third-order valence-electron chi connectivity index (χ3n) is 7.90. The molecule has 5 rings (SSSR count). The molecule has 33 heavy (non-hydrogen) atoms. The van der Waals surface area contributed by atoms with Crippen molar-refractivity contribution in [2.24, 2.45) is 35.5 Å². The van der Waals surface area contributed by atoms with Gasteiger partial charge in [0.15, 0.2) is 0 Å². The Bertz CT molecular complexity index is 745. The molecule has 0 amide bonds. The van der Waals surface area contributed by atoms with Crippen LogP contribution in [0.25, 0.3) is 0 Å². The van der Waals surface area contributed by atoms with E-state index in [0.29, 0.717) is 29.8 Å². The van der Waals surface area contributed by atoms with Crippen molar-refractivity contribution < 1.29 is 0 Å². The summed E-state index contributed by atoms with van der Waals surface area (Å²) >= 11 is 0. The van der Waals surface area contributed by atoms with Gasteiger partial charge in [-0.2, -0.15) is 15.0 Å². The monoisotopic (exact) mass is 456 g/mol. The number of anilines is 3. The molecular formula is C27H48N6. The molecule has 0 spiro atoms. The molecule has 4 fully saturated rings. The van der Waals surface area contributed by atoms with E-state index in [2.05, 4.69) is 71.3 Å². The number of nitrogens with zero attached hydrogens (tertiary/aromatic N) is 3. The average molecular weight is 457 g/mol. The maximum atomic E-state index is 4.88. The number of aromatic nitrogens is 3. The van der Waals surface area contributed by atoms with E-state index >= 15 is 0 Å². The van der Waals surface area contributed by atoms with Crippen LogP contribution in [0.1, 0.15) is 100 Å². The summed E-state index contributed by atoms with van der Waals surface area (Å²) in [5.41, 5.74) is -0.166. The second kappa shape index (κ2) is 9.22. The van der Waals surface area contributed by atoms with E-state index in [4.69, 9.17) is 15.0 Å². The lowest BCUT2D eigenvalue weighted by Gasteiger charge is -2.54. The fourth-order valence-electron chi connectivity index (χ4n) is 7.61. The highest BCUT2D eigenvalue weighted by molar-refractivity contribution is 5.45. The zero-order chi connectivity index (χ0) is 24.0. The van der Waals surface area contributed by atoms with Gasteiger partial charge in [-0.15, -0.1) is 0 Å². The molecule has 1 aromatic heterocycles. The molecule has 0 saturated heterocycles. The maximum Gasteiger partial charge on any atom is 0.229 e. The first-order chi connectivity index (χ1) is 15.4. The molecule has 6 heteroatoms. The molecular weight excluding hydrogens is 408 g/mol. The molecule has 0 atom stereocenters. The summed E-state index contributed by atoms with van der Waals surface area (Å²) in [5.74, 6) is 6.76. The lowest BCUT2D eigenvalue weighted by Crippen LogP contribution is -2.51. The van der Waals surface area contributed by atoms with Crippen molar-refractivity contribution in [3.05, 3.63) is 0 Å². The van der Waals surface area contributed by atoms with Crippen molar-refractivity contribution in [2.75, 3.05) is 16.0 Å². The Morgan fingerprint density at radius 2 is 1.06 bits per heavy atom. The van der Waals surface area contributed by atoms with Crippen LogP contribution in [0, 0.1) is 35.5 Å². The SMILES string of the molecule is CC(C)CC(C)(C)Nc1nc(NC2C3CC4CC(C3)CC2C4)nc(NC(C)(C)CC(C)C)n1. The predicted molar refractivity (Wildman–Crippen MR) is 139 cm³/mol. The van der Waals surface area contributed by atoms with Gasteiger partial charge in [-0.3, -0.25) is 0 Å². The van der Waals surface area contributed by atoms with Gasteiger partial charge in [-0.1, -0.05) is 27.7 Å². The minimum Gasteiger partial charge on any atom is -0.351 e. The van der Waals surface area contributed by atoms with Crippen LogP contribution in [0.5, 0.6) is 0 Å². The van der Waals surface area contributed by atoms with Crippen LogP contribution in [0.4, 0.5) is 17.8 Å². The summed E-state index contributed by atoms with van der Waals surface area (Å²) in [5, 5.41) is 11.0. The zero-order valence-electron chi connectivity index (χ0n) is 22.3. The van der Waals surface area contributed by atoms with Gasteiger partial charge < -0.3 is 16.0 Å². The molecule has 4 aliphatic carbocycles. The van der Waals surface area contributed by atoms with Crippen LogP contribution in [-0.4, -0.2) is 32.1 Å². The fourth-order valence-corrected chi connectivity index (χ4v) is 7.61. The first-order valence-electron chi connectivity index (χ1n) is 13.5. The van der Waals surface area contributed by atoms with Crippen molar-refractivity contribution in [3.8, 4) is 0 Å². The van der Waals surface area contributed by atoms with Gasteiger partial charge in [0, 0.05) is 17.1 Å². The van der Waals surface area contributed by atoms with Crippen molar-refractivity contribution in [2.45, 2.75) is 117 Å². The quantitative estimate of drug-likeness (QED) is 0.369. The van der Waals surface area contributed by atoms with Crippen LogP contribution >= 0.6 is 0 Å². The number of nitrogens with one attached hydrogen (secondary N) is 3. The van der Waals surface area contributed by atoms with E-state index in [0.717, 1.165) is 42.5 Å². The van der Waals surface area contributed by atoms with Crippen LogP contribution in [0.2, 0.25) is 0 Å². The fraction of sp³-hybridized carbons (Fsp3) is 0.889. The molecule has 0 unspecified atom stereocenters. The van der Waals surface area contributed by atoms with Crippen molar-refractivity contribution in [3.63, 3.8) is 0 Å². The van der Waals surface area contributed by atoms with Gasteiger partial charge in [0.1, 0.15) is 0 Å². The first-order valence-corrected chi connectivity index (χ1v) is 13.5. The van der Waals surface area contributed by atoms with Crippen LogP contribution in [0.15, 0.2) is 0 Å². The molecule has 4 bridgehead atoms. The summed E-state index contributed by atoms with van der Waals surface area (Å²) < 4.78 is 0. The van der Waals surface area contributed by atoms with Crippen molar-refractivity contribution in [1.29, 1.82) is 0 Å². The third kappa shape index (κ3) is 6.30. The minimum absolute atomic E-state index is 0.0832. The summed E-state index contributed by atoms with van der Waals surface area (Å²) in [7, 11) is 0. The summed E-state index contributed by atoms with van der Waals surface area (Å²) in [6.07, 6.45) is 9.12. The Hall–Kier alpha value is -1.59. The topological polar surface area (TPSA) is 74.8 Å². The Balaban J connectivity index is 1.57. The molecule has 1 heterocycles. The number of hydrogen-bond donors (Lipinski definition) is 3. The molecule has 4 saturated carbocycles. The smallest absolute Gasteiger partial charge is 0.229 e. The lowest BCUT2D eigenvalue weighted by atomic mass is 9.54. The lowest BCUT2D eigenvalue weighted by molar-refractivity contribution is 0.00728. The van der Waals surface area contributed by atoms with E-state index in [1.54, 1.807) is 0 Å². The summed E-state index contributed by atoms with van der Waals surface area (Å²) in [6, 6.07) is 0.508. The van der Waals surface area contributed by atoms with E-state index in [9.17, 15) is 0 Å². The second-order valence-corrected chi connectivity index (χ2v) is 13.6. The van der Waals surface area contributed by atoms with E-state index < -0.39 is 0 Å². The first kappa shape index (κ1) is 24.5. The highest BCUT2D eigenvalue weighted by Crippen LogP contribution is 2.54. The van der Waals surface area contributed by atoms with Gasteiger partial charge in [0.2, 0.25) is 17.8 Å². The Labute approximate surface area is 201 Å². The molecule has 6 nitrogen and oxygen atoms in total. The molecule has 4 aliphatic rings. The highest BCUT2D eigenvalue weighted by Gasteiger charge is 2.48. The van der Waals surface area contributed by atoms with Gasteiger partial charge >= 0.3 is 0 Å². The predicted octanol–water partition coefficient (Wildman–Crippen LogP) is 6.58. The molecule has 0 radical (unpaired) electrons. The van der Waals surface area contributed by atoms with Crippen LogP contribution in [0.3, 0.4) is 0 Å². The summed E-state index contributed by atoms with van der Waals surface area (Å²) in [6.45, 7) is 18.0. The van der Waals surface area contributed by atoms with Crippen LogP contribution in [-0.2, 0) is 0 Å². The van der Waals surface area contributed by atoms with Gasteiger partial charge in [-0.05, 0) is 108 Å². The number of rotatable bonds is 10. The molecule has 0 aromatic carbocycles. The van der Waals surface area contributed by atoms with Crippen molar-refractivity contribution in [1.82, 2.24) is 15.0 Å². The third-order valence-corrected chi connectivity index (χ3v) is 7.90. The Kier molecular flexibility index (Phi) is 6.85. The summed E-state index contributed by atoms with van der Waals surface area (Å²) in [4.78, 5) is 14.6. The molecule has 1 aromatic rings. The van der Waals surface area contributed by atoms with E-state index in [1.165, 1.54) is 32.1 Å². The van der Waals surface area contributed by atoms with Crippen molar-refractivity contribution >= 4 is 17.8 Å². The Morgan fingerprint density at radius 1 is 0.667 bits per heavy atom.